The predicted octanol–water partition coefficient (Wildman–Crippen LogP) is 4.45. The first-order valence-electron chi connectivity index (χ1n) is 8.28. The van der Waals surface area contributed by atoms with Crippen molar-refractivity contribution in [2.24, 2.45) is 0 Å². The van der Waals surface area contributed by atoms with Gasteiger partial charge in [-0.15, -0.1) is 0 Å². The molecule has 23 heavy (non-hydrogen) atoms. The summed E-state index contributed by atoms with van der Waals surface area (Å²) in [5.74, 6) is 2.10. The molecule has 0 spiro atoms. The normalized spacial score (nSPS) is 14.4. The summed E-state index contributed by atoms with van der Waals surface area (Å²) >= 11 is 0. The maximum atomic E-state index is 4.95. The summed E-state index contributed by atoms with van der Waals surface area (Å²) in [6.45, 7) is 4.34. The summed E-state index contributed by atoms with van der Waals surface area (Å²) < 4.78 is 2.21. The number of benzene rings is 2. The van der Waals surface area contributed by atoms with E-state index in [-0.39, 0.29) is 0 Å². The number of aromatic nitrogens is 2. The quantitative estimate of drug-likeness (QED) is 0.713. The summed E-state index contributed by atoms with van der Waals surface area (Å²) in [7, 11) is 0. The number of anilines is 1. The fourth-order valence-corrected chi connectivity index (χ4v) is 3.16. The Morgan fingerprint density at radius 1 is 0.870 bits per heavy atom. The molecule has 1 aliphatic rings. The minimum atomic E-state index is 1.01. The number of imidazole rings is 1. The molecule has 0 radical (unpaired) electrons. The molecule has 3 heteroatoms. The molecule has 3 nitrogen and oxygen atoms in total. The van der Waals surface area contributed by atoms with Gasteiger partial charge in [0.15, 0.2) is 0 Å². The Kier molecular flexibility index (Phi) is 3.62. The highest BCUT2D eigenvalue weighted by molar-refractivity contribution is 5.62. The molecule has 0 saturated carbocycles. The molecule has 3 aromatic rings. The van der Waals surface area contributed by atoms with Gasteiger partial charge in [0.25, 0.3) is 0 Å². The maximum absolute atomic E-state index is 4.95. The molecule has 0 aliphatic carbocycles. The van der Waals surface area contributed by atoms with E-state index in [4.69, 9.17) is 4.98 Å². The Bertz CT molecular complexity index is 782. The van der Waals surface area contributed by atoms with Gasteiger partial charge in [0.2, 0.25) is 0 Å². The SMILES string of the molecule is Cc1ccc(-n2cc(N3CCCC3)nc2-c2ccccc2)cc1. The Morgan fingerprint density at radius 2 is 1.57 bits per heavy atom. The highest BCUT2D eigenvalue weighted by Gasteiger charge is 2.18. The summed E-state index contributed by atoms with van der Waals surface area (Å²) in [4.78, 5) is 7.34. The average molecular weight is 303 g/mol. The molecular formula is C20H21N3. The van der Waals surface area contributed by atoms with E-state index in [1.165, 1.54) is 18.4 Å². The minimum absolute atomic E-state index is 1.01. The third-order valence-corrected chi connectivity index (χ3v) is 4.47. The van der Waals surface area contributed by atoms with Crippen molar-refractivity contribution < 1.29 is 0 Å². The second-order valence-corrected chi connectivity index (χ2v) is 6.19. The maximum Gasteiger partial charge on any atom is 0.147 e. The van der Waals surface area contributed by atoms with Crippen LogP contribution in [0.25, 0.3) is 17.1 Å². The Balaban J connectivity index is 1.83. The third kappa shape index (κ3) is 2.74. The van der Waals surface area contributed by atoms with E-state index in [1.807, 2.05) is 6.07 Å². The molecule has 1 aromatic heterocycles. The molecular weight excluding hydrogens is 282 g/mol. The highest BCUT2D eigenvalue weighted by atomic mass is 15.2. The van der Waals surface area contributed by atoms with Crippen molar-refractivity contribution in [1.29, 1.82) is 0 Å². The monoisotopic (exact) mass is 303 g/mol. The van der Waals surface area contributed by atoms with E-state index >= 15 is 0 Å². The lowest BCUT2D eigenvalue weighted by molar-refractivity contribution is 0.946. The van der Waals surface area contributed by atoms with Crippen LogP contribution < -0.4 is 4.90 Å². The molecule has 1 aliphatic heterocycles. The fraction of sp³-hybridized carbons (Fsp3) is 0.250. The Labute approximate surface area is 137 Å². The molecule has 0 N–H and O–H groups in total. The van der Waals surface area contributed by atoms with Crippen molar-refractivity contribution >= 4 is 5.82 Å². The van der Waals surface area contributed by atoms with Crippen molar-refractivity contribution in [3.63, 3.8) is 0 Å². The molecule has 0 amide bonds. The van der Waals surface area contributed by atoms with Gasteiger partial charge < -0.3 is 4.90 Å². The van der Waals surface area contributed by atoms with E-state index in [0.29, 0.717) is 0 Å². The molecule has 0 bridgehead atoms. The standard InChI is InChI=1S/C20H21N3/c1-16-9-11-18(12-10-16)23-15-19(22-13-5-6-14-22)21-20(23)17-7-3-2-4-8-17/h2-4,7-12,15H,5-6,13-14H2,1H3. The van der Waals surface area contributed by atoms with E-state index in [2.05, 4.69) is 71.1 Å². The average Bonchev–Trinajstić information content (AvgIpc) is 3.26. The van der Waals surface area contributed by atoms with Gasteiger partial charge in [-0.3, -0.25) is 4.57 Å². The van der Waals surface area contributed by atoms with Gasteiger partial charge in [0, 0.05) is 24.3 Å². The van der Waals surface area contributed by atoms with Crippen molar-refractivity contribution in [3.05, 3.63) is 66.4 Å². The van der Waals surface area contributed by atoms with Crippen LogP contribution in [-0.2, 0) is 0 Å². The largest absolute Gasteiger partial charge is 0.355 e. The zero-order chi connectivity index (χ0) is 15.6. The lowest BCUT2D eigenvalue weighted by Gasteiger charge is -2.12. The summed E-state index contributed by atoms with van der Waals surface area (Å²) in [6, 6.07) is 19.1. The van der Waals surface area contributed by atoms with Crippen LogP contribution in [0.15, 0.2) is 60.8 Å². The molecule has 2 aromatic carbocycles. The van der Waals surface area contributed by atoms with Gasteiger partial charge in [-0.05, 0) is 31.9 Å². The van der Waals surface area contributed by atoms with E-state index in [1.54, 1.807) is 0 Å². The van der Waals surface area contributed by atoms with E-state index in [0.717, 1.165) is 36.0 Å². The van der Waals surface area contributed by atoms with E-state index < -0.39 is 0 Å². The van der Waals surface area contributed by atoms with Crippen LogP contribution in [0, 0.1) is 6.92 Å². The summed E-state index contributed by atoms with van der Waals surface area (Å²) in [5.41, 5.74) is 3.58. The zero-order valence-corrected chi connectivity index (χ0v) is 13.4. The van der Waals surface area contributed by atoms with Gasteiger partial charge in [-0.25, -0.2) is 4.98 Å². The van der Waals surface area contributed by atoms with Crippen LogP contribution in [0.2, 0.25) is 0 Å². The van der Waals surface area contributed by atoms with Gasteiger partial charge >= 0.3 is 0 Å². The predicted molar refractivity (Wildman–Crippen MR) is 95.2 cm³/mol. The number of rotatable bonds is 3. The molecule has 1 saturated heterocycles. The Morgan fingerprint density at radius 3 is 2.26 bits per heavy atom. The van der Waals surface area contributed by atoms with Crippen LogP contribution in [0.3, 0.4) is 0 Å². The topological polar surface area (TPSA) is 21.1 Å². The zero-order valence-electron chi connectivity index (χ0n) is 13.4. The lowest BCUT2D eigenvalue weighted by atomic mass is 10.2. The van der Waals surface area contributed by atoms with Gasteiger partial charge in [0.1, 0.15) is 11.6 Å². The molecule has 0 unspecified atom stereocenters. The smallest absolute Gasteiger partial charge is 0.147 e. The molecule has 1 fully saturated rings. The fourth-order valence-electron chi connectivity index (χ4n) is 3.16. The summed E-state index contributed by atoms with van der Waals surface area (Å²) in [5, 5.41) is 0. The first-order chi connectivity index (χ1) is 11.3. The highest BCUT2D eigenvalue weighted by Crippen LogP contribution is 2.28. The van der Waals surface area contributed by atoms with Crippen molar-refractivity contribution in [2.75, 3.05) is 18.0 Å². The van der Waals surface area contributed by atoms with Crippen LogP contribution in [0.4, 0.5) is 5.82 Å². The Hall–Kier alpha value is -2.55. The van der Waals surface area contributed by atoms with Gasteiger partial charge in [0.05, 0.1) is 6.20 Å². The van der Waals surface area contributed by atoms with Crippen molar-refractivity contribution in [3.8, 4) is 17.1 Å². The number of nitrogens with zero attached hydrogens (tertiary/aromatic N) is 3. The minimum Gasteiger partial charge on any atom is -0.355 e. The van der Waals surface area contributed by atoms with Crippen molar-refractivity contribution in [2.45, 2.75) is 19.8 Å². The number of hydrogen-bond acceptors (Lipinski definition) is 2. The van der Waals surface area contributed by atoms with E-state index in [9.17, 15) is 0 Å². The van der Waals surface area contributed by atoms with Gasteiger partial charge in [-0.1, -0.05) is 48.0 Å². The molecule has 2 heterocycles. The van der Waals surface area contributed by atoms with Crippen molar-refractivity contribution in [1.82, 2.24) is 9.55 Å². The summed E-state index contributed by atoms with van der Waals surface area (Å²) in [6.07, 6.45) is 4.70. The second kappa shape index (κ2) is 5.92. The van der Waals surface area contributed by atoms with Gasteiger partial charge in [-0.2, -0.15) is 0 Å². The lowest BCUT2D eigenvalue weighted by Crippen LogP contribution is -2.17. The van der Waals surface area contributed by atoms with Crippen LogP contribution in [0.5, 0.6) is 0 Å². The first kappa shape index (κ1) is 14.1. The number of hydrogen-bond donors (Lipinski definition) is 0. The number of aryl methyl sites for hydroxylation is 1. The first-order valence-corrected chi connectivity index (χ1v) is 8.28. The van der Waals surface area contributed by atoms with Crippen LogP contribution in [0.1, 0.15) is 18.4 Å². The molecule has 0 atom stereocenters. The molecule has 116 valence electrons. The third-order valence-electron chi connectivity index (χ3n) is 4.47. The van der Waals surface area contributed by atoms with Crippen LogP contribution in [-0.4, -0.2) is 22.6 Å². The molecule has 4 rings (SSSR count). The second-order valence-electron chi connectivity index (χ2n) is 6.19. The van der Waals surface area contributed by atoms with Crippen LogP contribution >= 0.6 is 0 Å².